The van der Waals surface area contributed by atoms with Crippen molar-refractivity contribution in [1.29, 1.82) is 0 Å². The lowest BCUT2D eigenvalue weighted by Gasteiger charge is -2.23. The number of fused-ring (bicyclic) bond motifs is 1. The molecule has 0 N–H and O–H groups in total. The standard InChI is InChI=1S/C9H12N4O/c1-9(2,14-3)7-5-4-6-8-10-11-12-13(7)8/h4-6H,1-3H3. The van der Waals surface area contributed by atoms with E-state index in [1.165, 1.54) is 0 Å². The van der Waals surface area contributed by atoms with Crippen LogP contribution in [0.2, 0.25) is 0 Å². The molecule has 0 atom stereocenters. The maximum absolute atomic E-state index is 5.38. The van der Waals surface area contributed by atoms with Crippen LogP contribution in [0.1, 0.15) is 19.5 Å². The first-order chi connectivity index (χ1) is 6.65. The van der Waals surface area contributed by atoms with Crippen LogP contribution in [0, 0.1) is 0 Å². The highest BCUT2D eigenvalue weighted by molar-refractivity contribution is 5.37. The minimum absolute atomic E-state index is 0.394. The fraction of sp³-hybridized carbons (Fsp3) is 0.444. The summed E-state index contributed by atoms with van der Waals surface area (Å²) in [5.74, 6) is 0. The molecule has 0 saturated heterocycles. The second-order valence-electron chi connectivity index (χ2n) is 3.57. The van der Waals surface area contributed by atoms with E-state index in [0.29, 0.717) is 0 Å². The van der Waals surface area contributed by atoms with Gasteiger partial charge in [-0.3, -0.25) is 0 Å². The summed E-state index contributed by atoms with van der Waals surface area (Å²) >= 11 is 0. The van der Waals surface area contributed by atoms with Crippen molar-refractivity contribution >= 4 is 5.65 Å². The second kappa shape index (κ2) is 3.02. The highest BCUT2D eigenvalue weighted by Gasteiger charge is 2.23. The maximum atomic E-state index is 5.38. The molecule has 2 aromatic heterocycles. The SMILES string of the molecule is COC(C)(C)c1cccc2nnnn12. The smallest absolute Gasteiger partial charge is 0.179 e. The van der Waals surface area contributed by atoms with Crippen LogP contribution in [0.15, 0.2) is 18.2 Å². The molecule has 2 heterocycles. The highest BCUT2D eigenvalue weighted by Crippen LogP contribution is 2.22. The van der Waals surface area contributed by atoms with E-state index in [9.17, 15) is 0 Å². The van der Waals surface area contributed by atoms with Gasteiger partial charge in [0.25, 0.3) is 0 Å². The van der Waals surface area contributed by atoms with Gasteiger partial charge in [0.2, 0.25) is 0 Å². The molecule has 2 aromatic rings. The molecule has 0 bridgehead atoms. The predicted octanol–water partition coefficient (Wildman–Crippen LogP) is 1.01. The van der Waals surface area contributed by atoms with Crippen LogP contribution < -0.4 is 0 Å². The molecule has 14 heavy (non-hydrogen) atoms. The molecule has 0 fully saturated rings. The molecule has 0 aliphatic rings. The van der Waals surface area contributed by atoms with Crippen LogP contribution >= 0.6 is 0 Å². The average Bonchev–Trinajstić information content (AvgIpc) is 2.64. The minimum Gasteiger partial charge on any atom is -0.373 e. The summed E-state index contributed by atoms with van der Waals surface area (Å²) in [6.45, 7) is 3.95. The van der Waals surface area contributed by atoms with Gasteiger partial charge < -0.3 is 4.74 Å². The van der Waals surface area contributed by atoms with Crippen molar-refractivity contribution in [3.63, 3.8) is 0 Å². The van der Waals surface area contributed by atoms with E-state index in [2.05, 4.69) is 15.5 Å². The first-order valence-electron chi connectivity index (χ1n) is 4.38. The first kappa shape index (κ1) is 9.08. The number of rotatable bonds is 2. The lowest BCUT2D eigenvalue weighted by molar-refractivity contribution is 0.0136. The third-order valence-corrected chi connectivity index (χ3v) is 2.35. The van der Waals surface area contributed by atoms with Crippen LogP contribution in [0.5, 0.6) is 0 Å². The van der Waals surface area contributed by atoms with Gasteiger partial charge in [0, 0.05) is 7.11 Å². The van der Waals surface area contributed by atoms with E-state index in [4.69, 9.17) is 4.74 Å². The van der Waals surface area contributed by atoms with Crippen LogP contribution in [0.3, 0.4) is 0 Å². The Balaban J connectivity index is 2.67. The lowest BCUT2D eigenvalue weighted by Crippen LogP contribution is -2.23. The number of ether oxygens (including phenoxy) is 1. The summed E-state index contributed by atoms with van der Waals surface area (Å²) in [7, 11) is 1.67. The molecule has 0 unspecified atom stereocenters. The van der Waals surface area contributed by atoms with Gasteiger partial charge in [-0.05, 0) is 36.4 Å². The molecular formula is C9H12N4O. The molecule has 0 radical (unpaired) electrons. The molecule has 0 saturated carbocycles. The quantitative estimate of drug-likeness (QED) is 0.712. The van der Waals surface area contributed by atoms with Crippen molar-refractivity contribution in [3.8, 4) is 0 Å². The van der Waals surface area contributed by atoms with Crippen LogP contribution in [0.25, 0.3) is 5.65 Å². The molecule has 0 aliphatic heterocycles. The Morgan fingerprint density at radius 2 is 2.14 bits per heavy atom. The van der Waals surface area contributed by atoms with E-state index in [0.717, 1.165) is 11.3 Å². The number of tetrazole rings is 1. The molecule has 5 nitrogen and oxygen atoms in total. The molecule has 5 heteroatoms. The fourth-order valence-electron chi connectivity index (χ4n) is 1.33. The number of hydrogen-bond acceptors (Lipinski definition) is 4. The molecule has 0 spiro atoms. The molecule has 0 amide bonds. The summed E-state index contributed by atoms with van der Waals surface area (Å²) < 4.78 is 7.07. The number of nitrogens with zero attached hydrogens (tertiary/aromatic N) is 4. The monoisotopic (exact) mass is 192 g/mol. The zero-order valence-electron chi connectivity index (χ0n) is 8.43. The zero-order valence-corrected chi connectivity index (χ0v) is 8.43. The number of pyridine rings is 1. The minimum atomic E-state index is -0.394. The Kier molecular flexibility index (Phi) is 1.96. The largest absolute Gasteiger partial charge is 0.373 e. The average molecular weight is 192 g/mol. The third-order valence-electron chi connectivity index (χ3n) is 2.35. The van der Waals surface area contributed by atoms with E-state index >= 15 is 0 Å². The Labute approximate surface area is 81.7 Å². The Bertz CT molecular complexity index is 449. The van der Waals surface area contributed by atoms with Crippen LogP contribution in [-0.2, 0) is 10.3 Å². The van der Waals surface area contributed by atoms with Gasteiger partial charge in [0.15, 0.2) is 5.65 Å². The highest BCUT2D eigenvalue weighted by atomic mass is 16.5. The molecular weight excluding hydrogens is 180 g/mol. The Morgan fingerprint density at radius 1 is 1.36 bits per heavy atom. The van der Waals surface area contributed by atoms with Crippen LogP contribution in [0.4, 0.5) is 0 Å². The van der Waals surface area contributed by atoms with E-state index in [1.807, 2.05) is 32.0 Å². The Hall–Kier alpha value is -1.49. The van der Waals surface area contributed by atoms with Gasteiger partial charge in [-0.25, -0.2) is 0 Å². The van der Waals surface area contributed by atoms with Crippen molar-refractivity contribution in [1.82, 2.24) is 20.0 Å². The normalized spacial score (nSPS) is 12.2. The summed E-state index contributed by atoms with van der Waals surface area (Å²) in [4.78, 5) is 0. The van der Waals surface area contributed by atoms with E-state index in [1.54, 1.807) is 11.6 Å². The van der Waals surface area contributed by atoms with Gasteiger partial charge >= 0.3 is 0 Å². The number of aromatic nitrogens is 4. The topological polar surface area (TPSA) is 52.3 Å². The maximum Gasteiger partial charge on any atom is 0.179 e. The summed E-state index contributed by atoms with van der Waals surface area (Å²) in [6, 6.07) is 5.73. The van der Waals surface area contributed by atoms with Crippen molar-refractivity contribution in [2.24, 2.45) is 0 Å². The van der Waals surface area contributed by atoms with Crippen molar-refractivity contribution in [2.75, 3.05) is 7.11 Å². The molecule has 0 aromatic carbocycles. The fourth-order valence-corrected chi connectivity index (χ4v) is 1.33. The summed E-state index contributed by atoms with van der Waals surface area (Å²) in [6.07, 6.45) is 0. The third kappa shape index (κ3) is 1.26. The molecule has 0 aliphatic carbocycles. The molecule has 74 valence electrons. The number of methoxy groups -OCH3 is 1. The van der Waals surface area contributed by atoms with Gasteiger partial charge in [-0.15, -0.1) is 5.10 Å². The van der Waals surface area contributed by atoms with Crippen molar-refractivity contribution < 1.29 is 4.74 Å². The van der Waals surface area contributed by atoms with Gasteiger partial charge in [-0.1, -0.05) is 6.07 Å². The summed E-state index contributed by atoms with van der Waals surface area (Å²) in [5, 5.41) is 11.4. The van der Waals surface area contributed by atoms with E-state index < -0.39 is 5.60 Å². The summed E-state index contributed by atoms with van der Waals surface area (Å²) in [5.41, 5.74) is 1.27. The first-order valence-corrected chi connectivity index (χ1v) is 4.38. The van der Waals surface area contributed by atoms with Gasteiger partial charge in [-0.2, -0.15) is 4.52 Å². The van der Waals surface area contributed by atoms with Crippen molar-refractivity contribution in [2.45, 2.75) is 19.4 Å². The second-order valence-corrected chi connectivity index (χ2v) is 3.57. The lowest BCUT2D eigenvalue weighted by atomic mass is 10.0. The van der Waals surface area contributed by atoms with Gasteiger partial charge in [0.05, 0.1) is 5.69 Å². The predicted molar refractivity (Wildman–Crippen MR) is 50.8 cm³/mol. The number of hydrogen-bond donors (Lipinski definition) is 0. The van der Waals surface area contributed by atoms with Crippen molar-refractivity contribution in [3.05, 3.63) is 23.9 Å². The van der Waals surface area contributed by atoms with E-state index in [-0.39, 0.29) is 0 Å². The Morgan fingerprint density at radius 3 is 2.86 bits per heavy atom. The van der Waals surface area contributed by atoms with Crippen LogP contribution in [-0.4, -0.2) is 27.2 Å². The van der Waals surface area contributed by atoms with Gasteiger partial charge in [0.1, 0.15) is 5.60 Å². The zero-order chi connectivity index (χ0) is 10.2. The molecule has 2 rings (SSSR count).